The van der Waals surface area contributed by atoms with Crippen LogP contribution < -0.4 is 5.43 Å². The summed E-state index contributed by atoms with van der Waals surface area (Å²) in [5.74, 6) is -0.173. The van der Waals surface area contributed by atoms with E-state index >= 15 is 0 Å². The summed E-state index contributed by atoms with van der Waals surface area (Å²) in [6.07, 6.45) is 4.95. The lowest BCUT2D eigenvalue weighted by Crippen LogP contribution is -2.29. The van der Waals surface area contributed by atoms with E-state index in [-0.39, 0.29) is 17.1 Å². The number of fused-ring (bicyclic) bond motifs is 2. The van der Waals surface area contributed by atoms with Gasteiger partial charge in [-0.2, -0.15) is 0 Å². The maximum absolute atomic E-state index is 13.3. The van der Waals surface area contributed by atoms with Crippen LogP contribution in [0.25, 0.3) is 11.0 Å². The van der Waals surface area contributed by atoms with Gasteiger partial charge in [0.25, 0.3) is 5.91 Å². The molecule has 0 bridgehead atoms. The van der Waals surface area contributed by atoms with Crippen molar-refractivity contribution in [3.05, 3.63) is 87.6 Å². The molecule has 0 spiro atoms. The van der Waals surface area contributed by atoms with Gasteiger partial charge in [-0.3, -0.25) is 14.6 Å². The van der Waals surface area contributed by atoms with Crippen molar-refractivity contribution in [2.45, 2.75) is 19.9 Å². The molecule has 2 aromatic heterocycles. The van der Waals surface area contributed by atoms with Gasteiger partial charge in [0.05, 0.1) is 17.0 Å². The third-order valence-corrected chi connectivity index (χ3v) is 4.93. The average molecular weight is 346 g/mol. The van der Waals surface area contributed by atoms with E-state index in [0.29, 0.717) is 23.1 Å². The Labute approximate surface area is 150 Å². The number of amides is 1. The standard InChI is InChI=1S/C21H18N2O3/c1-4-9-23-18(14-5-7-22-8-6-14)17-19(24)15-10-12(2)13(3)11-16(15)26-20(17)21(23)25/h4-8,10-11,18H,1,9H2,2-3H3. The summed E-state index contributed by atoms with van der Waals surface area (Å²) < 4.78 is 5.92. The molecule has 26 heavy (non-hydrogen) atoms. The largest absolute Gasteiger partial charge is 0.450 e. The van der Waals surface area contributed by atoms with Crippen molar-refractivity contribution in [1.29, 1.82) is 0 Å². The zero-order chi connectivity index (χ0) is 18.4. The lowest BCUT2D eigenvalue weighted by Gasteiger charge is -2.23. The van der Waals surface area contributed by atoms with Gasteiger partial charge in [-0.25, -0.2) is 0 Å². The fourth-order valence-electron chi connectivity index (χ4n) is 3.50. The zero-order valence-electron chi connectivity index (χ0n) is 14.7. The number of benzene rings is 1. The summed E-state index contributed by atoms with van der Waals surface area (Å²) in [4.78, 5) is 31.9. The number of hydrogen-bond donors (Lipinski definition) is 0. The predicted octanol–water partition coefficient (Wildman–Crippen LogP) is 3.54. The molecule has 1 aromatic carbocycles. The summed E-state index contributed by atoms with van der Waals surface area (Å²) in [6, 6.07) is 6.78. The van der Waals surface area contributed by atoms with Gasteiger partial charge < -0.3 is 9.32 Å². The molecular formula is C21H18N2O3. The normalized spacial score (nSPS) is 16.2. The van der Waals surface area contributed by atoms with Gasteiger partial charge >= 0.3 is 0 Å². The fraction of sp³-hybridized carbons (Fsp3) is 0.190. The summed E-state index contributed by atoms with van der Waals surface area (Å²) in [6.45, 7) is 7.97. The molecule has 130 valence electrons. The molecule has 1 amide bonds. The number of pyridine rings is 1. The Morgan fingerprint density at radius 3 is 2.58 bits per heavy atom. The number of nitrogens with zero attached hydrogens (tertiary/aromatic N) is 2. The molecule has 0 saturated heterocycles. The molecule has 0 N–H and O–H groups in total. The maximum Gasteiger partial charge on any atom is 0.291 e. The molecule has 4 rings (SSSR count). The summed E-state index contributed by atoms with van der Waals surface area (Å²) >= 11 is 0. The van der Waals surface area contributed by atoms with Crippen molar-refractivity contribution >= 4 is 16.9 Å². The van der Waals surface area contributed by atoms with Crippen molar-refractivity contribution in [2.75, 3.05) is 6.54 Å². The summed E-state index contributed by atoms with van der Waals surface area (Å²) in [5.41, 5.74) is 3.52. The minimum Gasteiger partial charge on any atom is -0.450 e. The molecule has 0 radical (unpaired) electrons. The van der Waals surface area contributed by atoms with Crippen LogP contribution in [0.1, 0.15) is 38.9 Å². The zero-order valence-corrected chi connectivity index (χ0v) is 14.7. The van der Waals surface area contributed by atoms with E-state index in [1.165, 1.54) is 0 Å². The van der Waals surface area contributed by atoms with Crippen molar-refractivity contribution in [3.8, 4) is 0 Å². The Morgan fingerprint density at radius 2 is 1.88 bits per heavy atom. The molecule has 1 aliphatic rings. The SMILES string of the molecule is C=CCN1C(=O)c2oc3cc(C)c(C)cc3c(=O)c2C1c1ccncc1. The molecule has 1 aliphatic heterocycles. The molecule has 0 aliphatic carbocycles. The predicted molar refractivity (Wildman–Crippen MR) is 99.3 cm³/mol. The van der Waals surface area contributed by atoms with Crippen LogP contribution in [-0.4, -0.2) is 22.3 Å². The van der Waals surface area contributed by atoms with Crippen LogP contribution >= 0.6 is 0 Å². The quantitative estimate of drug-likeness (QED) is 0.681. The first kappa shape index (κ1) is 16.3. The van der Waals surface area contributed by atoms with Crippen LogP contribution in [0.15, 0.2) is 58.5 Å². The first-order chi connectivity index (χ1) is 12.5. The van der Waals surface area contributed by atoms with Gasteiger partial charge in [0.1, 0.15) is 5.58 Å². The van der Waals surface area contributed by atoms with Crippen LogP contribution in [0.3, 0.4) is 0 Å². The summed E-state index contributed by atoms with van der Waals surface area (Å²) in [7, 11) is 0. The second-order valence-electron chi connectivity index (χ2n) is 6.54. The van der Waals surface area contributed by atoms with E-state index in [9.17, 15) is 9.59 Å². The smallest absolute Gasteiger partial charge is 0.291 e. The Hall–Kier alpha value is -3.21. The van der Waals surface area contributed by atoms with E-state index < -0.39 is 6.04 Å². The van der Waals surface area contributed by atoms with Gasteiger partial charge in [0, 0.05) is 18.9 Å². The molecule has 3 aromatic rings. The van der Waals surface area contributed by atoms with E-state index in [4.69, 9.17) is 4.42 Å². The number of carbonyl (C=O) groups excluding carboxylic acids is 1. The molecular weight excluding hydrogens is 328 g/mol. The number of hydrogen-bond acceptors (Lipinski definition) is 4. The first-order valence-electron chi connectivity index (χ1n) is 8.42. The molecule has 1 unspecified atom stereocenters. The van der Waals surface area contributed by atoms with E-state index in [1.807, 2.05) is 38.1 Å². The van der Waals surface area contributed by atoms with Gasteiger partial charge in [0.2, 0.25) is 5.76 Å². The third kappa shape index (κ3) is 2.28. The van der Waals surface area contributed by atoms with Crippen LogP contribution in [0.2, 0.25) is 0 Å². The lowest BCUT2D eigenvalue weighted by molar-refractivity contribution is 0.0748. The number of carbonyl (C=O) groups is 1. The van der Waals surface area contributed by atoms with Gasteiger partial charge in [-0.05, 0) is 54.8 Å². The topological polar surface area (TPSA) is 63.4 Å². The van der Waals surface area contributed by atoms with E-state index in [0.717, 1.165) is 16.7 Å². The van der Waals surface area contributed by atoms with Crippen LogP contribution in [0.4, 0.5) is 0 Å². The molecule has 1 atom stereocenters. The Bertz CT molecular complexity index is 1100. The molecule has 3 heterocycles. The molecule has 5 heteroatoms. The second-order valence-corrected chi connectivity index (χ2v) is 6.54. The van der Waals surface area contributed by atoms with Crippen molar-refractivity contribution in [3.63, 3.8) is 0 Å². The van der Waals surface area contributed by atoms with Crippen LogP contribution in [-0.2, 0) is 0 Å². The highest BCUT2D eigenvalue weighted by molar-refractivity contribution is 5.99. The Kier molecular flexibility index (Phi) is 3.72. The highest BCUT2D eigenvalue weighted by Crippen LogP contribution is 2.38. The monoisotopic (exact) mass is 346 g/mol. The van der Waals surface area contributed by atoms with E-state index in [2.05, 4.69) is 11.6 Å². The molecule has 5 nitrogen and oxygen atoms in total. The molecule has 0 saturated carbocycles. The van der Waals surface area contributed by atoms with Crippen LogP contribution in [0.5, 0.6) is 0 Å². The highest BCUT2D eigenvalue weighted by Gasteiger charge is 2.42. The number of aryl methyl sites for hydroxylation is 2. The average Bonchev–Trinajstić information content (AvgIpc) is 2.91. The number of rotatable bonds is 3. The van der Waals surface area contributed by atoms with Gasteiger partial charge in [-0.15, -0.1) is 6.58 Å². The fourth-order valence-corrected chi connectivity index (χ4v) is 3.50. The minimum absolute atomic E-state index is 0.120. The Morgan fingerprint density at radius 1 is 1.19 bits per heavy atom. The van der Waals surface area contributed by atoms with Crippen molar-refractivity contribution < 1.29 is 9.21 Å². The van der Waals surface area contributed by atoms with Crippen LogP contribution in [0, 0.1) is 13.8 Å². The molecule has 0 fully saturated rings. The third-order valence-electron chi connectivity index (χ3n) is 4.93. The highest BCUT2D eigenvalue weighted by atomic mass is 16.3. The van der Waals surface area contributed by atoms with E-state index in [1.54, 1.807) is 23.4 Å². The van der Waals surface area contributed by atoms with Crippen molar-refractivity contribution in [1.82, 2.24) is 9.88 Å². The second kappa shape index (κ2) is 5.95. The lowest BCUT2D eigenvalue weighted by atomic mass is 9.98. The first-order valence-corrected chi connectivity index (χ1v) is 8.42. The summed E-state index contributed by atoms with van der Waals surface area (Å²) in [5, 5.41) is 0.499. The minimum atomic E-state index is -0.499. The van der Waals surface area contributed by atoms with Crippen molar-refractivity contribution in [2.24, 2.45) is 0 Å². The Balaban J connectivity index is 2.05. The van der Waals surface area contributed by atoms with Gasteiger partial charge in [-0.1, -0.05) is 6.08 Å². The van der Waals surface area contributed by atoms with Gasteiger partial charge in [0.15, 0.2) is 5.43 Å². The number of aromatic nitrogens is 1. The maximum atomic E-state index is 13.3.